The third-order valence-electron chi connectivity index (χ3n) is 4.63. The van der Waals surface area contributed by atoms with Crippen molar-refractivity contribution in [3.05, 3.63) is 77.5 Å². The Bertz CT molecular complexity index is 855. The van der Waals surface area contributed by atoms with Gasteiger partial charge in [-0.15, -0.1) is 0 Å². The van der Waals surface area contributed by atoms with Crippen molar-refractivity contribution < 1.29 is 9.90 Å². The maximum absolute atomic E-state index is 13.0. The number of benzene rings is 2. The first-order valence-electron chi connectivity index (χ1n) is 9.13. The number of aryl methyl sites for hydroxylation is 1. The van der Waals surface area contributed by atoms with Gasteiger partial charge in [0, 0.05) is 31.5 Å². The second kappa shape index (κ2) is 9.02. The van der Waals surface area contributed by atoms with E-state index in [2.05, 4.69) is 6.07 Å². The van der Waals surface area contributed by atoms with Gasteiger partial charge in [0.15, 0.2) is 0 Å². The van der Waals surface area contributed by atoms with Gasteiger partial charge in [-0.1, -0.05) is 48.5 Å². The first-order valence-corrected chi connectivity index (χ1v) is 9.13. The van der Waals surface area contributed by atoms with Crippen molar-refractivity contribution in [2.45, 2.75) is 19.4 Å². The number of nitrogens with zero attached hydrogens (tertiary/aromatic N) is 3. The minimum atomic E-state index is -0.291. The summed E-state index contributed by atoms with van der Waals surface area (Å²) in [6.07, 6.45) is 3.39. The van der Waals surface area contributed by atoms with E-state index in [1.54, 1.807) is 11.1 Å². The van der Waals surface area contributed by atoms with E-state index in [1.165, 1.54) is 0 Å². The van der Waals surface area contributed by atoms with Gasteiger partial charge in [0.1, 0.15) is 11.6 Å². The van der Waals surface area contributed by atoms with Crippen molar-refractivity contribution >= 4 is 11.6 Å². The van der Waals surface area contributed by atoms with Crippen LogP contribution in [0.3, 0.4) is 0 Å². The van der Waals surface area contributed by atoms with E-state index in [0.717, 1.165) is 29.7 Å². The lowest BCUT2D eigenvalue weighted by atomic mass is 10.0. The predicted octanol–water partition coefficient (Wildman–Crippen LogP) is 2.87. The fourth-order valence-electron chi connectivity index (χ4n) is 3.34. The van der Waals surface area contributed by atoms with Crippen LogP contribution >= 0.6 is 0 Å². The van der Waals surface area contributed by atoms with Crippen LogP contribution in [-0.2, 0) is 17.8 Å². The Labute approximate surface area is 159 Å². The molecule has 0 saturated carbocycles. The molecule has 0 bridgehead atoms. The van der Waals surface area contributed by atoms with Crippen molar-refractivity contribution in [1.29, 1.82) is 5.26 Å². The number of amides is 1. The number of rotatable bonds is 6. The summed E-state index contributed by atoms with van der Waals surface area (Å²) >= 11 is 0. The van der Waals surface area contributed by atoms with E-state index < -0.39 is 0 Å². The number of carbonyl (C=O) groups is 1. The Morgan fingerprint density at radius 1 is 1.19 bits per heavy atom. The molecule has 1 N–H and O–H groups in total. The monoisotopic (exact) mass is 361 g/mol. The average Bonchev–Trinajstić information content (AvgIpc) is 2.72. The molecule has 3 rings (SSSR count). The molecule has 5 nitrogen and oxygen atoms in total. The first kappa shape index (κ1) is 18.7. The van der Waals surface area contributed by atoms with E-state index in [0.29, 0.717) is 19.6 Å². The van der Waals surface area contributed by atoms with Crippen LogP contribution in [0.4, 0.5) is 5.69 Å². The van der Waals surface area contributed by atoms with Crippen LogP contribution in [0.5, 0.6) is 0 Å². The summed E-state index contributed by atoms with van der Waals surface area (Å²) < 4.78 is 0. The van der Waals surface area contributed by atoms with E-state index in [-0.39, 0.29) is 18.1 Å². The van der Waals surface area contributed by atoms with Gasteiger partial charge in [-0.2, -0.15) is 5.26 Å². The summed E-state index contributed by atoms with van der Waals surface area (Å²) in [6.45, 7) is 1.43. The summed E-state index contributed by atoms with van der Waals surface area (Å²) in [4.78, 5) is 16.5. The molecule has 1 heterocycles. The maximum Gasteiger partial charge on any atom is 0.270 e. The van der Waals surface area contributed by atoms with Gasteiger partial charge < -0.3 is 14.9 Å². The molecule has 0 fully saturated rings. The lowest BCUT2D eigenvalue weighted by Gasteiger charge is -2.29. The Balaban J connectivity index is 1.84. The molecule has 27 heavy (non-hydrogen) atoms. The zero-order chi connectivity index (χ0) is 19.1. The molecular formula is C22H23N3O2. The van der Waals surface area contributed by atoms with Crippen LogP contribution in [0.2, 0.25) is 0 Å². The van der Waals surface area contributed by atoms with Gasteiger partial charge in [0.25, 0.3) is 5.91 Å². The highest BCUT2D eigenvalue weighted by molar-refractivity contribution is 6.08. The number of hydrogen-bond acceptors (Lipinski definition) is 4. The largest absolute Gasteiger partial charge is 0.395 e. The van der Waals surface area contributed by atoms with Gasteiger partial charge in [-0.25, -0.2) is 0 Å². The molecule has 1 aliphatic rings. The molecule has 5 heteroatoms. The Kier molecular flexibility index (Phi) is 6.24. The van der Waals surface area contributed by atoms with Gasteiger partial charge in [-0.3, -0.25) is 4.79 Å². The van der Waals surface area contributed by atoms with Crippen LogP contribution < -0.4 is 4.90 Å². The SMILES string of the molecule is N#C/C(=C/N(CCO)Cc1ccccc1)C(=O)N1CCCc2ccccc21. The highest BCUT2D eigenvalue weighted by Crippen LogP contribution is 2.28. The second-order valence-corrected chi connectivity index (χ2v) is 6.52. The number of anilines is 1. The molecule has 0 aromatic heterocycles. The smallest absolute Gasteiger partial charge is 0.270 e. The topological polar surface area (TPSA) is 67.6 Å². The fraction of sp³-hybridized carbons (Fsp3) is 0.273. The Morgan fingerprint density at radius 2 is 1.93 bits per heavy atom. The van der Waals surface area contributed by atoms with Crippen molar-refractivity contribution in [3.8, 4) is 6.07 Å². The third kappa shape index (κ3) is 4.55. The highest BCUT2D eigenvalue weighted by Gasteiger charge is 2.25. The zero-order valence-electron chi connectivity index (χ0n) is 15.2. The maximum atomic E-state index is 13.0. The lowest BCUT2D eigenvalue weighted by Crippen LogP contribution is -2.37. The van der Waals surface area contributed by atoms with Crippen molar-refractivity contribution in [3.63, 3.8) is 0 Å². The molecule has 0 unspecified atom stereocenters. The number of hydrogen-bond donors (Lipinski definition) is 1. The normalized spacial score (nSPS) is 13.6. The van der Waals surface area contributed by atoms with Gasteiger partial charge >= 0.3 is 0 Å². The molecule has 0 aliphatic carbocycles. The molecule has 2 aromatic carbocycles. The van der Waals surface area contributed by atoms with Crippen LogP contribution in [0, 0.1) is 11.3 Å². The number of fused-ring (bicyclic) bond motifs is 1. The summed E-state index contributed by atoms with van der Waals surface area (Å²) in [7, 11) is 0. The molecule has 0 spiro atoms. The summed E-state index contributed by atoms with van der Waals surface area (Å²) in [5.41, 5.74) is 3.14. The Morgan fingerprint density at radius 3 is 2.67 bits per heavy atom. The standard InChI is InChI=1S/C22H23N3O2/c23-15-20(17-24(13-14-26)16-18-7-2-1-3-8-18)22(27)25-12-6-10-19-9-4-5-11-21(19)25/h1-5,7-9,11,17,26H,6,10,12-14,16H2/b20-17-. The number of para-hydroxylation sites is 1. The van der Waals surface area contributed by atoms with E-state index in [4.69, 9.17) is 0 Å². The average molecular weight is 361 g/mol. The number of aliphatic hydroxyl groups excluding tert-OH is 1. The number of carbonyl (C=O) groups excluding carboxylic acids is 1. The number of aliphatic hydroxyl groups is 1. The van der Waals surface area contributed by atoms with Crippen molar-refractivity contribution in [1.82, 2.24) is 4.90 Å². The van der Waals surface area contributed by atoms with Crippen LogP contribution in [0.1, 0.15) is 17.5 Å². The number of nitriles is 1. The molecular weight excluding hydrogens is 338 g/mol. The second-order valence-electron chi connectivity index (χ2n) is 6.52. The molecule has 138 valence electrons. The van der Waals surface area contributed by atoms with Crippen LogP contribution in [0.25, 0.3) is 0 Å². The summed E-state index contributed by atoms with van der Waals surface area (Å²) in [5, 5.41) is 19.0. The quantitative estimate of drug-likeness (QED) is 0.635. The van der Waals surface area contributed by atoms with Gasteiger partial charge in [0.2, 0.25) is 0 Å². The van der Waals surface area contributed by atoms with Crippen LogP contribution in [0.15, 0.2) is 66.4 Å². The molecule has 0 saturated heterocycles. The molecule has 0 radical (unpaired) electrons. The van der Waals surface area contributed by atoms with Crippen molar-refractivity contribution in [2.75, 3.05) is 24.6 Å². The minimum absolute atomic E-state index is 0.0528. The molecule has 1 aliphatic heterocycles. The lowest BCUT2D eigenvalue weighted by molar-refractivity contribution is -0.114. The van der Waals surface area contributed by atoms with E-state index in [9.17, 15) is 15.2 Å². The minimum Gasteiger partial charge on any atom is -0.395 e. The molecule has 1 amide bonds. The summed E-state index contributed by atoms with van der Waals surface area (Å²) in [6, 6.07) is 19.7. The highest BCUT2D eigenvalue weighted by atomic mass is 16.3. The van der Waals surface area contributed by atoms with E-state index in [1.807, 2.05) is 59.5 Å². The fourth-order valence-corrected chi connectivity index (χ4v) is 3.34. The van der Waals surface area contributed by atoms with Crippen LogP contribution in [-0.4, -0.2) is 35.6 Å². The van der Waals surface area contributed by atoms with E-state index >= 15 is 0 Å². The Hall–Kier alpha value is -3.10. The first-order chi connectivity index (χ1) is 13.2. The zero-order valence-corrected chi connectivity index (χ0v) is 15.2. The molecule has 2 aromatic rings. The van der Waals surface area contributed by atoms with Crippen molar-refractivity contribution in [2.24, 2.45) is 0 Å². The molecule has 0 atom stereocenters. The third-order valence-corrected chi connectivity index (χ3v) is 4.63. The van der Waals surface area contributed by atoms with Gasteiger partial charge in [0.05, 0.1) is 6.61 Å². The van der Waals surface area contributed by atoms with Gasteiger partial charge in [-0.05, 0) is 30.0 Å². The summed E-state index contributed by atoms with van der Waals surface area (Å²) in [5.74, 6) is -0.291. The predicted molar refractivity (Wildman–Crippen MR) is 105 cm³/mol.